The van der Waals surface area contributed by atoms with Crippen molar-refractivity contribution in [2.24, 2.45) is 0 Å². The molecule has 5 aliphatic rings. The van der Waals surface area contributed by atoms with Crippen molar-refractivity contribution in [3.63, 3.8) is 0 Å². The number of thiocarbonyl (C=S) groups is 3. The van der Waals surface area contributed by atoms with Crippen molar-refractivity contribution in [1.29, 1.82) is 15.8 Å². The van der Waals surface area contributed by atoms with E-state index in [0.717, 1.165) is 24.0 Å². The number of rotatable bonds is 9. The van der Waals surface area contributed by atoms with Gasteiger partial charge in [-0.15, -0.1) is 0 Å². The number of anilines is 6. The first-order valence-corrected chi connectivity index (χ1v) is 29.0. The number of carbonyl (C=O) groups is 6. The van der Waals surface area contributed by atoms with Crippen molar-refractivity contribution in [1.82, 2.24) is 20.9 Å². The minimum Gasteiger partial charge on any atom is -0.355 e. The molecule has 0 unspecified atom stereocenters. The van der Waals surface area contributed by atoms with Crippen molar-refractivity contribution in [3.05, 3.63) is 171 Å². The number of nitrogens with one attached hydrogen (secondary N) is 3. The number of aryl methyl sites for hydroxylation is 3. The van der Waals surface area contributed by atoms with Crippen LogP contribution in [0.3, 0.4) is 0 Å². The number of amides is 6. The zero-order chi connectivity index (χ0) is 64.8. The maximum Gasteiger partial charge on any atom is 0.259 e. The van der Waals surface area contributed by atoms with E-state index in [1.807, 2.05) is 6.07 Å². The molecule has 5 aromatic carbocycles. The Labute approximate surface area is 526 Å². The smallest absolute Gasteiger partial charge is 0.259 e. The summed E-state index contributed by atoms with van der Waals surface area (Å²) in [5, 5.41) is 35.3. The summed E-state index contributed by atoms with van der Waals surface area (Å²) in [5.74, 6) is -4.29. The Kier molecular flexibility index (Phi) is 17.6. The van der Waals surface area contributed by atoms with Crippen molar-refractivity contribution < 1.29 is 41.9 Å². The van der Waals surface area contributed by atoms with Gasteiger partial charge in [-0.05, 0) is 224 Å². The third-order valence-electron chi connectivity index (χ3n) is 16.5. The maximum absolute atomic E-state index is 14.6. The Morgan fingerprint density at radius 3 is 1.13 bits per heavy atom. The van der Waals surface area contributed by atoms with Crippen LogP contribution in [0.5, 0.6) is 0 Å². The number of halogens is 3. The number of aromatic nitrogens is 1. The van der Waals surface area contributed by atoms with Crippen LogP contribution in [0.2, 0.25) is 0 Å². The summed E-state index contributed by atoms with van der Waals surface area (Å²) in [4.78, 5) is 88.8. The number of pyridine rings is 1. The first-order chi connectivity index (χ1) is 42.3. The van der Waals surface area contributed by atoms with E-state index < -0.39 is 51.8 Å². The first kappa shape index (κ1) is 63.5. The topological polar surface area (TPSA) is 242 Å². The summed E-state index contributed by atoms with van der Waals surface area (Å²) in [5.41, 5.74) is 3.18. The second-order valence-electron chi connectivity index (χ2n) is 22.0. The molecule has 2 aliphatic carbocycles. The highest BCUT2D eigenvalue weighted by atomic mass is 32.1. The van der Waals surface area contributed by atoms with Crippen LogP contribution in [-0.2, 0) is 14.4 Å². The molecule has 3 N–H and O–H groups in total. The Morgan fingerprint density at radius 1 is 0.483 bits per heavy atom. The van der Waals surface area contributed by atoms with Crippen LogP contribution in [0, 0.1) is 72.2 Å². The third kappa shape index (κ3) is 10.8. The molecule has 6 aromatic rings. The van der Waals surface area contributed by atoms with Crippen molar-refractivity contribution in [2.75, 3.05) is 50.5 Å². The molecule has 0 radical (unpaired) electrons. The van der Waals surface area contributed by atoms with E-state index in [1.54, 1.807) is 110 Å². The molecule has 2 saturated carbocycles. The third-order valence-corrected chi connectivity index (χ3v) is 17.6. The van der Waals surface area contributed by atoms with E-state index >= 15 is 0 Å². The van der Waals surface area contributed by atoms with Gasteiger partial charge in [-0.3, -0.25) is 43.5 Å². The maximum atomic E-state index is 14.6. The normalized spacial score (nSPS) is 16.6. The molecule has 0 bridgehead atoms. The highest BCUT2D eigenvalue weighted by Crippen LogP contribution is 2.50. The van der Waals surface area contributed by atoms with E-state index in [-0.39, 0.29) is 55.4 Å². The van der Waals surface area contributed by atoms with E-state index in [1.165, 1.54) is 78.4 Å². The lowest BCUT2D eigenvalue weighted by atomic mass is 9.75. The van der Waals surface area contributed by atoms with Crippen molar-refractivity contribution in [2.45, 2.75) is 89.8 Å². The lowest BCUT2D eigenvalue weighted by molar-refractivity contribution is -0.124. The Bertz CT molecular complexity index is 4030. The summed E-state index contributed by atoms with van der Waals surface area (Å²) in [6.45, 7) is 8.71. The molecule has 11 rings (SSSR count). The van der Waals surface area contributed by atoms with E-state index in [2.05, 4.69) is 33.1 Å². The molecule has 2 spiro atoms. The molecular formula is C64H56F3N13O6S3. The number of benzene rings is 5. The molecule has 452 valence electrons. The van der Waals surface area contributed by atoms with Crippen molar-refractivity contribution >= 4 is 122 Å². The molecule has 0 atom stereocenters. The van der Waals surface area contributed by atoms with Gasteiger partial charge < -0.3 is 30.7 Å². The largest absolute Gasteiger partial charge is 0.355 e. The van der Waals surface area contributed by atoms with Crippen LogP contribution in [0.4, 0.5) is 47.3 Å². The van der Waals surface area contributed by atoms with E-state index in [0.29, 0.717) is 76.5 Å². The molecule has 1 aromatic heterocycles. The molecule has 3 aliphatic heterocycles. The number of nitrogens with zero attached hydrogens (tertiary/aromatic N) is 10. The highest BCUT2D eigenvalue weighted by Gasteiger charge is 2.61. The van der Waals surface area contributed by atoms with E-state index in [9.17, 15) is 47.2 Å². The van der Waals surface area contributed by atoms with Crippen LogP contribution >= 0.6 is 36.7 Å². The van der Waals surface area contributed by atoms with Gasteiger partial charge in [0.2, 0.25) is 0 Å². The predicted molar refractivity (Wildman–Crippen MR) is 340 cm³/mol. The molecule has 89 heavy (non-hydrogen) atoms. The zero-order valence-corrected chi connectivity index (χ0v) is 51.8. The fourth-order valence-electron chi connectivity index (χ4n) is 11.4. The molecule has 19 nitrogen and oxygen atoms in total. The van der Waals surface area contributed by atoms with Gasteiger partial charge in [-0.2, -0.15) is 15.8 Å². The monoisotopic (exact) mass is 1260 g/mol. The summed E-state index contributed by atoms with van der Waals surface area (Å²) in [7, 11) is 4.29. The second kappa shape index (κ2) is 24.6. The van der Waals surface area contributed by atoms with Crippen molar-refractivity contribution in [3.8, 4) is 18.2 Å². The van der Waals surface area contributed by atoms with Crippen LogP contribution in [0.15, 0.2) is 103 Å². The molecular weight excluding hydrogens is 1200 g/mol. The molecule has 4 heterocycles. The fraction of sp³-hybridized carbons (Fsp3) is 0.266. The van der Waals surface area contributed by atoms with Gasteiger partial charge in [0.05, 0.1) is 63.2 Å². The Hall–Kier alpha value is -10.0. The summed E-state index contributed by atoms with van der Waals surface area (Å²) in [6.07, 6.45) is 5.55. The fourth-order valence-corrected chi connectivity index (χ4v) is 12.8. The van der Waals surface area contributed by atoms with E-state index in [4.69, 9.17) is 47.2 Å². The van der Waals surface area contributed by atoms with Crippen LogP contribution in [0.25, 0.3) is 0 Å². The molecule has 25 heteroatoms. The minimum absolute atomic E-state index is 0.0695. The predicted octanol–water partition coefficient (Wildman–Crippen LogP) is 9.53. The quantitative estimate of drug-likeness (QED) is 0.114. The molecule has 3 saturated heterocycles. The van der Waals surface area contributed by atoms with Gasteiger partial charge in [0, 0.05) is 38.2 Å². The summed E-state index contributed by atoms with van der Waals surface area (Å²) >= 11 is 16.9. The van der Waals surface area contributed by atoms with Crippen LogP contribution in [-0.4, -0.2) is 93.5 Å². The molecule has 6 amide bonds. The van der Waals surface area contributed by atoms with Crippen LogP contribution < -0.4 is 45.3 Å². The number of nitriles is 3. The van der Waals surface area contributed by atoms with Gasteiger partial charge in [0.25, 0.3) is 35.4 Å². The van der Waals surface area contributed by atoms with Gasteiger partial charge in [0.15, 0.2) is 15.3 Å². The Morgan fingerprint density at radius 2 is 0.820 bits per heavy atom. The van der Waals surface area contributed by atoms with Gasteiger partial charge in [0.1, 0.15) is 45.8 Å². The summed E-state index contributed by atoms with van der Waals surface area (Å²) < 4.78 is 43.8. The first-order valence-electron chi connectivity index (χ1n) is 27.8. The average molecular weight is 1260 g/mol. The average Bonchev–Trinajstić information content (AvgIpc) is 1.59. The minimum atomic E-state index is -1.07. The number of hydrogen-bond acceptors (Lipinski definition) is 13. The standard InChI is InChI=1S/C22H19FN4O2S.C21H18FN5O2S.C21H19FN4O2S/c1-13-10-15(5-4-14(13)12-24)26-20(29)22(8-3-9-22)27(21(26)30)16-6-7-17(18(23)11-16)19(28)25-2;1-12-8-14(11-25-17(12)10-23)26-19(29)21(6-3-7-21)27(20(26)30)13-4-5-15(16(22)9-13)18(28)24-2;1-12-9-14(6-5-13(12)11-23)25-19(28)21(2,3)26(20(25)29)15-7-8-16(17(22)10-15)18(27)24-4/h4-7,10-11H,3,8-9H2,1-2H3,(H,25,28);4-5,8-9,11H,3,6-7H2,1-2H3,(H,24,28);5-10H,1-4H3,(H,24,27). The van der Waals surface area contributed by atoms with Gasteiger partial charge >= 0.3 is 0 Å². The number of hydrogen-bond donors (Lipinski definition) is 3. The lowest BCUT2D eigenvalue weighted by Crippen LogP contribution is -2.55. The molecule has 5 fully saturated rings. The SMILES string of the molecule is CNC(=O)c1ccc(N2C(=S)N(c3ccc(C#N)c(C)c3)C(=O)C2(C)C)cc1F.CNC(=O)c1ccc(N2C(=S)N(c3ccc(C#N)c(C)c3)C(=O)C23CCC3)cc1F.CNC(=O)c1ccc(N2C(=S)N(c3cnc(C#N)c(C)c3)C(=O)C23CCC3)cc1F. The highest BCUT2D eigenvalue weighted by molar-refractivity contribution is 7.81. The second-order valence-corrected chi connectivity index (χ2v) is 23.1. The zero-order valence-electron chi connectivity index (χ0n) is 49.3. The van der Waals surface area contributed by atoms with Crippen LogP contribution in [0.1, 0.15) is 117 Å². The number of carbonyl (C=O) groups excluding carboxylic acids is 6. The van der Waals surface area contributed by atoms with Gasteiger partial charge in [-0.1, -0.05) is 0 Å². The summed E-state index contributed by atoms with van der Waals surface area (Å²) in [6, 6.07) is 30.6. The Balaban J connectivity index is 0.000000159. The van der Waals surface area contributed by atoms with Gasteiger partial charge in [-0.25, -0.2) is 18.2 Å². The lowest BCUT2D eigenvalue weighted by Gasteiger charge is -2.43.